The minimum atomic E-state index is 0.600. The Labute approximate surface area is 114 Å². The number of nitrogens with zero attached hydrogens (tertiary/aromatic N) is 1. The van der Waals surface area contributed by atoms with E-state index in [4.69, 9.17) is 5.73 Å². The molecule has 98 valence electrons. The zero-order valence-corrected chi connectivity index (χ0v) is 12.5. The Morgan fingerprint density at radius 1 is 1.39 bits per heavy atom. The minimum absolute atomic E-state index is 0.600. The van der Waals surface area contributed by atoms with Crippen molar-refractivity contribution in [1.82, 2.24) is 0 Å². The van der Waals surface area contributed by atoms with E-state index < -0.39 is 0 Å². The van der Waals surface area contributed by atoms with Crippen LogP contribution in [0.3, 0.4) is 0 Å². The highest BCUT2D eigenvalue weighted by atomic mass is 32.2. The molecule has 0 spiro atoms. The van der Waals surface area contributed by atoms with Gasteiger partial charge in [0.1, 0.15) is 0 Å². The maximum absolute atomic E-state index is 5.48. The van der Waals surface area contributed by atoms with Gasteiger partial charge in [0.2, 0.25) is 0 Å². The molecule has 0 saturated carbocycles. The first-order valence-electron chi connectivity index (χ1n) is 6.21. The molecule has 1 rings (SSSR count). The van der Waals surface area contributed by atoms with E-state index in [2.05, 4.69) is 43.1 Å². The molecule has 0 bridgehead atoms. The van der Waals surface area contributed by atoms with Crippen molar-refractivity contribution in [3.8, 4) is 0 Å². The van der Waals surface area contributed by atoms with E-state index in [0.717, 1.165) is 5.71 Å². The Morgan fingerprint density at radius 2 is 2.11 bits per heavy atom. The lowest BCUT2D eigenvalue weighted by Gasteiger charge is -2.10. The van der Waals surface area contributed by atoms with Gasteiger partial charge in [-0.15, -0.1) is 0 Å². The highest BCUT2D eigenvalue weighted by molar-refractivity contribution is 8.04. The molecule has 1 aromatic rings. The zero-order chi connectivity index (χ0) is 13.5. The van der Waals surface area contributed by atoms with Crippen LogP contribution in [-0.2, 0) is 0 Å². The normalized spacial score (nSPS) is 12.9. The highest BCUT2D eigenvalue weighted by Gasteiger charge is 2.06. The van der Waals surface area contributed by atoms with E-state index in [1.54, 1.807) is 11.8 Å². The monoisotopic (exact) mass is 262 g/mol. The Hall–Kier alpha value is -1.06. The first-order valence-corrected chi connectivity index (χ1v) is 7.03. The van der Waals surface area contributed by atoms with E-state index in [9.17, 15) is 0 Å². The predicted molar refractivity (Wildman–Crippen MR) is 82.6 cm³/mol. The van der Waals surface area contributed by atoms with Crippen molar-refractivity contribution < 1.29 is 0 Å². The third kappa shape index (κ3) is 4.31. The number of hydrogen-bond acceptors (Lipinski definition) is 3. The van der Waals surface area contributed by atoms with Gasteiger partial charge in [0.05, 0.1) is 6.54 Å². The molecule has 0 aliphatic heterocycles. The summed E-state index contributed by atoms with van der Waals surface area (Å²) in [5, 5.41) is 0. The van der Waals surface area contributed by atoms with Crippen LogP contribution in [0, 0.1) is 13.8 Å². The van der Waals surface area contributed by atoms with Crippen LogP contribution in [0.5, 0.6) is 0 Å². The van der Waals surface area contributed by atoms with Gasteiger partial charge in [-0.3, -0.25) is 4.99 Å². The van der Waals surface area contributed by atoms with E-state index in [1.165, 1.54) is 20.9 Å². The number of aryl methyl sites for hydroxylation is 2. The van der Waals surface area contributed by atoms with E-state index >= 15 is 0 Å². The molecule has 0 aliphatic carbocycles. The summed E-state index contributed by atoms with van der Waals surface area (Å²) >= 11 is 1.77. The number of aliphatic imine (C=N–C) groups is 1. The van der Waals surface area contributed by atoms with Crippen molar-refractivity contribution in [2.75, 3.05) is 13.1 Å². The van der Waals surface area contributed by atoms with E-state index in [-0.39, 0.29) is 0 Å². The average Bonchev–Trinajstić information content (AvgIpc) is 2.35. The second-order valence-electron chi connectivity index (χ2n) is 4.28. The number of thioether (sulfide) groups is 1. The summed E-state index contributed by atoms with van der Waals surface area (Å²) in [7, 11) is 0. The molecule has 0 aromatic heterocycles. The third-order valence-electron chi connectivity index (χ3n) is 2.65. The fraction of sp³-hybridized carbons (Fsp3) is 0.400. The van der Waals surface area contributed by atoms with Crippen LogP contribution < -0.4 is 5.73 Å². The average molecular weight is 262 g/mol. The SMILES string of the molecule is C/C=C(/Sc1ccc(C)cc1C)C(C)=NCCN. The Balaban J connectivity index is 2.87. The van der Waals surface area contributed by atoms with Crippen LogP contribution in [0.15, 0.2) is 39.1 Å². The van der Waals surface area contributed by atoms with Crippen molar-refractivity contribution in [3.63, 3.8) is 0 Å². The van der Waals surface area contributed by atoms with E-state index in [0.29, 0.717) is 13.1 Å². The summed E-state index contributed by atoms with van der Waals surface area (Å²) < 4.78 is 0. The first-order chi connectivity index (χ1) is 8.58. The number of benzene rings is 1. The van der Waals surface area contributed by atoms with E-state index in [1.807, 2.05) is 13.8 Å². The summed E-state index contributed by atoms with van der Waals surface area (Å²) in [6.07, 6.45) is 2.11. The fourth-order valence-corrected chi connectivity index (χ4v) is 2.61. The van der Waals surface area contributed by atoms with Crippen LogP contribution in [0.25, 0.3) is 0 Å². The van der Waals surface area contributed by atoms with Gasteiger partial charge in [-0.2, -0.15) is 0 Å². The lowest BCUT2D eigenvalue weighted by atomic mass is 10.2. The van der Waals surface area contributed by atoms with Crippen LogP contribution in [0.4, 0.5) is 0 Å². The summed E-state index contributed by atoms with van der Waals surface area (Å²) in [5.74, 6) is 0. The molecule has 0 aliphatic rings. The molecule has 0 amide bonds. The molecular weight excluding hydrogens is 240 g/mol. The summed E-state index contributed by atoms with van der Waals surface area (Å²) in [4.78, 5) is 6.95. The Morgan fingerprint density at radius 3 is 2.67 bits per heavy atom. The van der Waals surface area contributed by atoms with Gasteiger partial charge in [0.15, 0.2) is 0 Å². The molecule has 2 nitrogen and oxygen atoms in total. The van der Waals surface area contributed by atoms with Gasteiger partial charge in [-0.05, 0) is 39.3 Å². The molecule has 0 heterocycles. The van der Waals surface area contributed by atoms with Crippen LogP contribution in [0.1, 0.15) is 25.0 Å². The molecule has 1 aromatic carbocycles. The molecule has 0 radical (unpaired) electrons. The predicted octanol–water partition coefficient (Wildman–Crippen LogP) is 3.72. The van der Waals surface area contributed by atoms with Gasteiger partial charge in [0, 0.05) is 22.1 Å². The maximum Gasteiger partial charge on any atom is 0.0515 e. The molecule has 0 atom stereocenters. The van der Waals surface area contributed by atoms with Crippen LogP contribution in [-0.4, -0.2) is 18.8 Å². The lowest BCUT2D eigenvalue weighted by molar-refractivity contribution is 0.975. The summed E-state index contributed by atoms with van der Waals surface area (Å²) in [6.45, 7) is 9.65. The quantitative estimate of drug-likeness (QED) is 0.649. The van der Waals surface area contributed by atoms with Crippen molar-refractivity contribution in [2.24, 2.45) is 10.7 Å². The molecule has 0 fully saturated rings. The number of nitrogens with two attached hydrogens (primary N) is 1. The molecule has 2 N–H and O–H groups in total. The first kappa shape index (κ1) is 15.0. The number of rotatable bonds is 5. The van der Waals surface area contributed by atoms with Gasteiger partial charge in [-0.1, -0.05) is 35.5 Å². The van der Waals surface area contributed by atoms with Crippen LogP contribution in [0.2, 0.25) is 0 Å². The lowest BCUT2D eigenvalue weighted by Crippen LogP contribution is -2.05. The minimum Gasteiger partial charge on any atom is -0.329 e. The van der Waals surface area contributed by atoms with Crippen molar-refractivity contribution >= 4 is 17.5 Å². The Kier molecular flexibility index (Phi) is 6.16. The smallest absolute Gasteiger partial charge is 0.0515 e. The third-order valence-corrected chi connectivity index (χ3v) is 4.08. The molecule has 3 heteroatoms. The zero-order valence-electron chi connectivity index (χ0n) is 11.7. The maximum atomic E-state index is 5.48. The number of allylic oxidation sites excluding steroid dienone is 2. The van der Waals surface area contributed by atoms with Crippen LogP contribution >= 0.6 is 11.8 Å². The molecule has 0 unspecified atom stereocenters. The van der Waals surface area contributed by atoms with Crippen molar-refractivity contribution in [2.45, 2.75) is 32.6 Å². The van der Waals surface area contributed by atoms with Gasteiger partial charge in [-0.25, -0.2) is 0 Å². The standard InChI is InChI=1S/C15H22N2S/c1-5-14(13(4)17-9-8-16)18-15-7-6-11(2)10-12(15)3/h5-7,10H,8-9,16H2,1-4H3/b14-5+,17-13?. The largest absolute Gasteiger partial charge is 0.329 e. The number of hydrogen-bond donors (Lipinski definition) is 1. The van der Waals surface area contributed by atoms with Crippen molar-refractivity contribution in [3.05, 3.63) is 40.3 Å². The van der Waals surface area contributed by atoms with Gasteiger partial charge < -0.3 is 5.73 Å². The fourth-order valence-electron chi connectivity index (χ4n) is 1.68. The van der Waals surface area contributed by atoms with Gasteiger partial charge in [0.25, 0.3) is 0 Å². The summed E-state index contributed by atoms with van der Waals surface area (Å²) in [6, 6.07) is 6.53. The molecule has 0 saturated heterocycles. The molecular formula is C15H22N2S. The second-order valence-corrected chi connectivity index (χ2v) is 5.36. The highest BCUT2D eigenvalue weighted by Crippen LogP contribution is 2.30. The van der Waals surface area contributed by atoms with Gasteiger partial charge >= 0.3 is 0 Å². The molecule has 18 heavy (non-hydrogen) atoms. The topological polar surface area (TPSA) is 38.4 Å². The summed E-state index contributed by atoms with van der Waals surface area (Å²) in [5.41, 5.74) is 9.15. The Bertz CT molecular complexity index is 462. The second kappa shape index (κ2) is 7.39. The van der Waals surface area contributed by atoms with Crippen molar-refractivity contribution in [1.29, 1.82) is 0 Å².